The summed E-state index contributed by atoms with van der Waals surface area (Å²) in [7, 11) is 0. The molecule has 1 rings (SSSR count). The minimum absolute atomic E-state index is 0.285. The first-order chi connectivity index (χ1) is 6.93. The van der Waals surface area contributed by atoms with Gasteiger partial charge in [-0.3, -0.25) is 0 Å². The standard InChI is InChI=1S/C10H11F2NO2/c1-5(2)15-10(14)8-6(11)3-4-7(13)9(8)12/h3-5H,13H2,1-2H3. The Morgan fingerprint density at radius 3 is 2.53 bits per heavy atom. The number of nitrogens with two attached hydrogens (primary N) is 1. The zero-order valence-corrected chi connectivity index (χ0v) is 8.38. The van der Waals surface area contributed by atoms with Gasteiger partial charge in [0.15, 0.2) is 5.82 Å². The largest absolute Gasteiger partial charge is 0.459 e. The van der Waals surface area contributed by atoms with Crippen molar-refractivity contribution in [1.82, 2.24) is 0 Å². The van der Waals surface area contributed by atoms with E-state index in [4.69, 9.17) is 5.73 Å². The van der Waals surface area contributed by atoms with Gasteiger partial charge >= 0.3 is 5.97 Å². The van der Waals surface area contributed by atoms with Crippen LogP contribution in [-0.2, 0) is 4.74 Å². The van der Waals surface area contributed by atoms with Gasteiger partial charge in [-0.1, -0.05) is 0 Å². The molecule has 5 heteroatoms. The monoisotopic (exact) mass is 215 g/mol. The quantitative estimate of drug-likeness (QED) is 0.607. The van der Waals surface area contributed by atoms with Crippen LogP contribution < -0.4 is 5.73 Å². The van der Waals surface area contributed by atoms with Crippen LogP contribution >= 0.6 is 0 Å². The molecule has 0 heterocycles. The van der Waals surface area contributed by atoms with Crippen molar-refractivity contribution >= 4 is 11.7 Å². The Kier molecular flexibility index (Phi) is 3.24. The summed E-state index contributed by atoms with van der Waals surface area (Å²) in [6.07, 6.45) is -0.447. The van der Waals surface area contributed by atoms with E-state index >= 15 is 0 Å². The number of nitrogen functional groups attached to an aromatic ring is 1. The fourth-order valence-corrected chi connectivity index (χ4v) is 1.03. The number of hydrogen-bond donors (Lipinski definition) is 1. The molecule has 82 valence electrons. The number of rotatable bonds is 2. The second-order valence-corrected chi connectivity index (χ2v) is 3.28. The van der Waals surface area contributed by atoms with E-state index in [-0.39, 0.29) is 5.69 Å². The van der Waals surface area contributed by atoms with Gasteiger partial charge in [-0.15, -0.1) is 0 Å². The van der Waals surface area contributed by atoms with E-state index in [0.717, 1.165) is 12.1 Å². The number of carbonyl (C=O) groups is 1. The number of hydrogen-bond acceptors (Lipinski definition) is 3. The van der Waals surface area contributed by atoms with Gasteiger partial charge in [-0.25, -0.2) is 13.6 Å². The number of esters is 1. The predicted octanol–water partition coefficient (Wildman–Crippen LogP) is 2.11. The van der Waals surface area contributed by atoms with Crippen LogP contribution in [0.25, 0.3) is 0 Å². The Hall–Kier alpha value is -1.65. The zero-order chi connectivity index (χ0) is 11.6. The molecule has 0 radical (unpaired) electrons. The average molecular weight is 215 g/mol. The van der Waals surface area contributed by atoms with E-state index < -0.39 is 29.3 Å². The molecule has 0 saturated heterocycles. The fraction of sp³-hybridized carbons (Fsp3) is 0.300. The molecule has 0 aliphatic heterocycles. The first-order valence-corrected chi connectivity index (χ1v) is 4.38. The number of benzene rings is 1. The molecule has 0 spiro atoms. The molecule has 0 saturated carbocycles. The van der Waals surface area contributed by atoms with E-state index in [1.807, 2.05) is 0 Å². The predicted molar refractivity (Wildman–Crippen MR) is 51.3 cm³/mol. The number of carbonyl (C=O) groups excluding carboxylic acids is 1. The summed E-state index contributed by atoms with van der Waals surface area (Å²) in [5.41, 5.74) is 4.18. The van der Waals surface area contributed by atoms with Gasteiger partial charge in [-0.05, 0) is 26.0 Å². The molecule has 15 heavy (non-hydrogen) atoms. The Labute approximate surface area is 85.8 Å². The van der Waals surface area contributed by atoms with E-state index in [1.165, 1.54) is 0 Å². The van der Waals surface area contributed by atoms with Crippen molar-refractivity contribution in [3.05, 3.63) is 29.3 Å². The molecule has 0 fully saturated rings. The second kappa shape index (κ2) is 4.25. The molecule has 0 amide bonds. The van der Waals surface area contributed by atoms with Crippen LogP contribution in [0.5, 0.6) is 0 Å². The third kappa shape index (κ3) is 2.43. The average Bonchev–Trinajstić information content (AvgIpc) is 2.11. The minimum Gasteiger partial charge on any atom is -0.459 e. The van der Waals surface area contributed by atoms with Crippen molar-refractivity contribution in [3.8, 4) is 0 Å². The third-order valence-corrected chi connectivity index (χ3v) is 1.67. The molecule has 0 aliphatic carbocycles. The summed E-state index contributed by atoms with van der Waals surface area (Å²) in [6.45, 7) is 3.17. The lowest BCUT2D eigenvalue weighted by Gasteiger charge is -2.09. The summed E-state index contributed by atoms with van der Waals surface area (Å²) in [5, 5.41) is 0. The molecule has 0 unspecified atom stereocenters. The zero-order valence-electron chi connectivity index (χ0n) is 8.38. The Balaban J connectivity index is 3.13. The Morgan fingerprint density at radius 2 is 2.00 bits per heavy atom. The normalized spacial score (nSPS) is 10.5. The first kappa shape index (κ1) is 11.4. The van der Waals surface area contributed by atoms with Crippen molar-refractivity contribution in [2.24, 2.45) is 0 Å². The molecule has 1 aromatic rings. The van der Waals surface area contributed by atoms with Gasteiger partial charge in [0.05, 0.1) is 11.8 Å². The van der Waals surface area contributed by atoms with Gasteiger partial charge in [0.25, 0.3) is 0 Å². The van der Waals surface area contributed by atoms with Gasteiger partial charge in [0.1, 0.15) is 11.4 Å². The highest BCUT2D eigenvalue weighted by molar-refractivity contribution is 5.91. The van der Waals surface area contributed by atoms with Crippen LogP contribution in [0.3, 0.4) is 0 Å². The highest BCUT2D eigenvalue weighted by atomic mass is 19.1. The maximum atomic E-state index is 13.3. The van der Waals surface area contributed by atoms with Crippen LogP contribution in [0.2, 0.25) is 0 Å². The molecule has 0 aliphatic rings. The summed E-state index contributed by atoms with van der Waals surface area (Å²) in [5.74, 6) is -3.11. The topological polar surface area (TPSA) is 52.3 Å². The smallest absolute Gasteiger partial charge is 0.344 e. The van der Waals surface area contributed by atoms with Crippen molar-refractivity contribution in [2.45, 2.75) is 20.0 Å². The Morgan fingerprint density at radius 1 is 1.40 bits per heavy atom. The van der Waals surface area contributed by atoms with Gasteiger partial charge < -0.3 is 10.5 Å². The van der Waals surface area contributed by atoms with Crippen LogP contribution in [0, 0.1) is 11.6 Å². The lowest BCUT2D eigenvalue weighted by Crippen LogP contribution is -2.15. The van der Waals surface area contributed by atoms with E-state index in [2.05, 4.69) is 4.74 Å². The van der Waals surface area contributed by atoms with E-state index in [9.17, 15) is 13.6 Å². The summed E-state index contributed by atoms with van der Waals surface area (Å²) < 4.78 is 31.1. The van der Waals surface area contributed by atoms with Crippen molar-refractivity contribution in [2.75, 3.05) is 5.73 Å². The van der Waals surface area contributed by atoms with Crippen molar-refractivity contribution in [3.63, 3.8) is 0 Å². The maximum absolute atomic E-state index is 13.3. The molecule has 1 aromatic carbocycles. The van der Waals surface area contributed by atoms with E-state index in [1.54, 1.807) is 13.8 Å². The van der Waals surface area contributed by atoms with Crippen LogP contribution in [0.4, 0.5) is 14.5 Å². The first-order valence-electron chi connectivity index (χ1n) is 4.38. The summed E-state index contributed by atoms with van der Waals surface area (Å²) >= 11 is 0. The Bertz CT molecular complexity index is 391. The second-order valence-electron chi connectivity index (χ2n) is 3.28. The van der Waals surface area contributed by atoms with E-state index in [0.29, 0.717) is 0 Å². The van der Waals surface area contributed by atoms with Crippen molar-refractivity contribution in [1.29, 1.82) is 0 Å². The lowest BCUT2D eigenvalue weighted by atomic mass is 10.1. The van der Waals surface area contributed by atoms with Gasteiger partial charge in [0.2, 0.25) is 0 Å². The molecule has 3 nitrogen and oxygen atoms in total. The van der Waals surface area contributed by atoms with Gasteiger partial charge in [0, 0.05) is 0 Å². The molecular weight excluding hydrogens is 204 g/mol. The maximum Gasteiger partial charge on any atom is 0.344 e. The number of anilines is 1. The summed E-state index contributed by atoms with van der Waals surface area (Å²) in [4.78, 5) is 11.3. The summed E-state index contributed by atoms with van der Waals surface area (Å²) in [6, 6.07) is 1.98. The number of ether oxygens (including phenoxy) is 1. The minimum atomic E-state index is -1.08. The van der Waals surface area contributed by atoms with Gasteiger partial charge in [-0.2, -0.15) is 0 Å². The molecule has 2 N–H and O–H groups in total. The number of halogens is 2. The van der Waals surface area contributed by atoms with Crippen LogP contribution in [0.1, 0.15) is 24.2 Å². The third-order valence-electron chi connectivity index (χ3n) is 1.67. The van der Waals surface area contributed by atoms with Crippen LogP contribution in [-0.4, -0.2) is 12.1 Å². The highest BCUT2D eigenvalue weighted by Gasteiger charge is 2.21. The highest BCUT2D eigenvalue weighted by Crippen LogP contribution is 2.19. The lowest BCUT2D eigenvalue weighted by molar-refractivity contribution is 0.0367. The molecule has 0 bridgehead atoms. The molecule has 0 aromatic heterocycles. The van der Waals surface area contributed by atoms with Crippen molar-refractivity contribution < 1.29 is 18.3 Å². The van der Waals surface area contributed by atoms with Crippen LogP contribution in [0.15, 0.2) is 12.1 Å². The molecular formula is C10H11F2NO2. The fourth-order valence-electron chi connectivity index (χ4n) is 1.03. The molecule has 0 atom stereocenters. The SMILES string of the molecule is CC(C)OC(=O)c1c(F)ccc(N)c1F.